The van der Waals surface area contributed by atoms with Crippen LogP contribution in [0.4, 0.5) is 5.69 Å². The molecule has 0 saturated heterocycles. The van der Waals surface area contributed by atoms with Crippen molar-refractivity contribution >= 4 is 41.8 Å². The minimum atomic E-state index is -3.16. The van der Waals surface area contributed by atoms with Gasteiger partial charge in [0.1, 0.15) is 11.5 Å². The van der Waals surface area contributed by atoms with Crippen LogP contribution in [0, 0.1) is 6.92 Å². The number of hydrogen-bond donors (Lipinski definition) is 3. The Labute approximate surface area is 187 Å². The van der Waals surface area contributed by atoms with Crippen LogP contribution in [0.1, 0.15) is 16.7 Å². The smallest absolute Gasteiger partial charge is 0.215 e. The number of rotatable bonds is 5. The Morgan fingerprint density at radius 2 is 1.32 bits per heavy atom. The monoisotopic (exact) mass is 447 g/mol. The molecule has 4 rings (SSSR count). The van der Waals surface area contributed by atoms with Crippen molar-refractivity contribution in [1.29, 1.82) is 0 Å². The predicted octanol–water partition coefficient (Wildman–Crippen LogP) is 6.09. The third kappa shape index (κ3) is 5.50. The van der Waals surface area contributed by atoms with Crippen LogP contribution in [0.25, 0.3) is 11.5 Å². The largest absolute Gasteiger partial charge is 0.456 e. The predicted molar refractivity (Wildman–Crippen MR) is 131 cm³/mol. The van der Waals surface area contributed by atoms with E-state index in [4.69, 9.17) is 17.0 Å². The number of anilines is 1. The van der Waals surface area contributed by atoms with Crippen LogP contribution in [0.3, 0.4) is 0 Å². The molecule has 156 valence electrons. The summed E-state index contributed by atoms with van der Waals surface area (Å²) in [5.41, 5.74) is 6.54. The molecule has 0 radical (unpaired) electrons. The van der Waals surface area contributed by atoms with Gasteiger partial charge in [-0.05, 0) is 31.3 Å². The van der Waals surface area contributed by atoms with Crippen molar-refractivity contribution in [1.82, 2.24) is 10.6 Å². The molecule has 0 spiro atoms. The lowest BCUT2D eigenvalue weighted by Gasteiger charge is -2.24. The molecule has 0 aromatic heterocycles. The summed E-state index contributed by atoms with van der Waals surface area (Å²) >= 11 is 5.35. The zero-order valence-corrected chi connectivity index (χ0v) is 18.6. The van der Waals surface area contributed by atoms with E-state index in [9.17, 15) is 4.57 Å². The summed E-state index contributed by atoms with van der Waals surface area (Å²) in [6.45, 7) is 2.02. The number of hydrazine groups is 1. The lowest BCUT2D eigenvalue weighted by Crippen LogP contribution is -2.37. The molecule has 0 amide bonds. The van der Waals surface area contributed by atoms with Gasteiger partial charge >= 0.3 is 0 Å². The highest BCUT2D eigenvalue weighted by Crippen LogP contribution is 2.52. The summed E-state index contributed by atoms with van der Waals surface area (Å²) in [5, 5.41) is 6.29. The highest BCUT2D eigenvalue weighted by atomic mass is 32.1. The average molecular weight is 448 g/mol. The van der Waals surface area contributed by atoms with Gasteiger partial charge in [0.25, 0.3) is 0 Å². The SMILES string of the molecule is Cc1ccc(NC(=S)NNP2(=O)C=C(c3ccccc3)OC(c3ccccc3)=C2)cc1. The van der Waals surface area contributed by atoms with Crippen molar-refractivity contribution in [3.8, 4) is 0 Å². The fraction of sp³-hybridized carbons (Fsp3) is 0.0417. The van der Waals surface area contributed by atoms with Gasteiger partial charge in [-0.2, -0.15) is 5.20 Å². The molecule has 31 heavy (non-hydrogen) atoms. The van der Waals surface area contributed by atoms with Gasteiger partial charge in [-0.1, -0.05) is 78.4 Å². The van der Waals surface area contributed by atoms with Crippen LogP contribution in [0.2, 0.25) is 0 Å². The summed E-state index contributed by atoms with van der Waals surface area (Å²) in [6.07, 6.45) is 0. The lowest BCUT2D eigenvalue weighted by atomic mass is 10.2. The standard InChI is InChI=1S/C24H22N3O2PS/c1-18-12-14-21(15-13-18)25-24(31)26-27-30(28)16-22(19-8-4-2-5-9-19)29-23(17-30)20-10-6-3-7-11-20/h2-17H,1H3,(H,27,28)(H2,25,26,31). The first-order valence-electron chi connectivity index (χ1n) is 9.76. The van der Waals surface area contributed by atoms with E-state index in [0.717, 1.165) is 22.4 Å². The van der Waals surface area contributed by atoms with E-state index in [2.05, 4.69) is 15.9 Å². The van der Waals surface area contributed by atoms with E-state index in [0.29, 0.717) is 16.6 Å². The van der Waals surface area contributed by atoms with Crippen molar-refractivity contribution < 1.29 is 9.30 Å². The van der Waals surface area contributed by atoms with E-state index in [1.165, 1.54) is 0 Å². The van der Waals surface area contributed by atoms with E-state index in [-0.39, 0.29) is 0 Å². The molecule has 0 atom stereocenters. The molecule has 7 heteroatoms. The zero-order valence-electron chi connectivity index (χ0n) is 16.9. The summed E-state index contributed by atoms with van der Waals surface area (Å²) in [5.74, 6) is 4.26. The second-order valence-electron chi connectivity index (χ2n) is 7.09. The maximum Gasteiger partial charge on any atom is 0.215 e. The Bertz CT molecular complexity index is 1120. The first-order chi connectivity index (χ1) is 15.0. The summed E-state index contributed by atoms with van der Waals surface area (Å²) in [6, 6.07) is 27.0. The van der Waals surface area contributed by atoms with Gasteiger partial charge in [-0.15, -0.1) is 0 Å². The van der Waals surface area contributed by atoms with Gasteiger partial charge in [0.15, 0.2) is 5.11 Å². The average Bonchev–Trinajstić information content (AvgIpc) is 2.80. The minimum absolute atomic E-state index is 0.315. The number of hydrogen-bond acceptors (Lipinski definition) is 3. The molecular weight excluding hydrogens is 425 g/mol. The molecule has 0 saturated carbocycles. The van der Waals surface area contributed by atoms with Crippen LogP contribution in [0.5, 0.6) is 0 Å². The number of nitrogens with one attached hydrogen (secondary N) is 3. The number of thiocarbonyl (C=S) groups is 1. The first kappa shape index (κ1) is 21.1. The van der Waals surface area contributed by atoms with Gasteiger partial charge in [0.05, 0.1) is 0 Å². The highest BCUT2D eigenvalue weighted by molar-refractivity contribution is 7.80. The molecule has 3 aromatic carbocycles. The molecule has 1 heterocycles. The Morgan fingerprint density at radius 3 is 1.84 bits per heavy atom. The number of ether oxygens (including phenoxy) is 1. The molecule has 0 bridgehead atoms. The summed E-state index contributed by atoms with van der Waals surface area (Å²) in [7, 11) is -3.16. The van der Waals surface area contributed by atoms with E-state index in [1.807, 2.05) is 91.9 Å². The van der Waals surface area contributed by atoms with Crippen molar-refractivity contribution in [3.63, 3.8) is 0 Å². The Hall–Kier alpha value is -3.18. The molecule has 0 unspecified atom stereocenters. The normalized spacial score (nSPS) is 14.6. The third-order valence-corrected chi connectivity index (χ3v) is 6.51. The fourth-order valence-electron chi connectivity index (χ4n) is 3.03. The highest BCUT2D eigenvalue weighted by Gasteiger charge is 2.27. The van der Waals surface area contributed by atoms with Crippen LogP contribution < -0.4 is 15.9 Å². The van der Waals surface area contributed by atoms with Gasteiger partial charge in [-0.25, -0.2) is 0 Å². The maximum atomic E-state index is 13.7. The van der Waals surface area contributed by atoms with E-state index < -0.39 is 7.29 Å². The molecule has 1 aliphatic rings. The van der Waals surface area contributed by atoms with Crippen molar-refractivity contribution in [2.75, 3.05) is 5.32 Å². The Kier molecular flexibility index (Phi) is 6.33. The van der Waals surface area contributed by atoms with Gasteiger partial charge in [-0.3, -0.25) is 9.99 Å². The topological polar surface area (TPSA) is 62.4 Å². The first-order valence-corrected chi connectivity index (χ1v) is 12.0. The molecule has 5 nitrogen and oxygen atoms in total. The van der Waals surface area contributed by atoms with E-state index >= 15 is 0 Å². The van der Waals surface area contributed by atoms with Crippen LogP contribution in [-0.2, 0) is 9.30 Å². The van der Waals surface area contributed by atoms with Crippen LogP contribution in [0.15, 0.2) is 96.6 Å². The van der Waals surface area contributed by atoms with Gasteiger partial charge in [0.2, 0.25) is 7.29 Å². The number of benzene rings is 3. The van der Waals surface area contributed by atoms with E-state index in [1.54, 1.807) is 11.6 Å². The molecule has 3 aromatic rings. The Morgan fingerprint density at radius 1 is 0.806 bits per heavy atom. The van der Waals surface area contributed by atoms with Crippen LogP contribution >= 0.6 is 19.5 Å². The fourth-order valence-corrected chi connectivity index (χ4v) is 4.87. The molecule has 3 N–H and O–H groups in total. The second kappa shape index (κ2) is 9.31. The van der Waals surface area contributed by atoms with Gasteiger partial charge in [0, 0.05) is 28.4 Å². The van der Waals surface area contributed by atoms with Gasteiger partial charge < -0.3 is 10.1 Å². The summed E-state index contributed by atoms with van der Waals surface area (Å²) < 4.78 is 19.8. The van der Waals surface area contributed by atoms with Crippen molar-refractivity contribution in [2.24, 2.45) is 0 Å². The minimum Gasteiger partial charge on any atom is -0.456 e. The van der Waals surface area contributed by atoms with Crippen molar-refractivity contribution in [3.05, 3.63) is 113 Å². The van der Waals surface area contributed by atoms with Crippen LogP contribution in [-0.4, -0.2) is 5.11 Å². The molecular formula is C24H22N3O2PS. The lowest BCUT2D eigenvalue weighted by molar-refractivity contribution is 0.468. The third-order valence-electron chi connectivity index (χ3n) is 4.61. The Balaban J connectivity index is 1.56. The molecule has 1 aliphatic heterocycles. The zero-order chi connectivity index (χ0) is 21.7. The maximum absolute atomic E-state index is 13.7. The second-order valence-corrected chi connectivity index (χ2v) is 9.65. The van der Waals surface area contributed by atoms with Crippen molar-refractivity contribution in [2.45, 2.75) is 6.92 Å². The number of aryl methyl sites for hydroxylation is 1. The summed E-state index contributed by atoms with van der Waals surface area (Å²) in [4.78, 5) is 0. The molecule has 0 aliphatic carbocycles. The molecule has 0 fully saturated rings. The quantitative estimate of drug-likeness (QED) is 0.250.